The molecular formula is C12H23N3O4. The van der Waals surface area contributed by atoms with Crippen molar-refractivity contribution in [2.75, 3.05) is 27.2 Å². The van der Waals surface area contributed by atoms with Gasteiger partial charge in [-0.15, -0.1) is 0 Å². The highest BCUT2D eigenvalue weighted by molar-refractivity contribution is 5.74. The van der Waals surface area contributed by atoms with Crippen LogP contribution in [0.5, 0.6) is 0 Å². The van der Waals surface area contributed by atoms with Gasteiger partial charge in [-0.25, -0.2) is 9.59 Å². The molecule has 110 valence electrons. The van der Waals surface area contributed by atoms with Crippen molar-refractivity contribution in [2.45, 2.75) is 38.0 Å². The monoisotopic (exact) mass is 273 g/mol. The number of nitrogens with one attached hydrogen (secondary N) is 2. The summed E-state index contributed by atoms with van der Waals surface area (Å²) in [5, 5.41) is 14.3. The fourth-order valence-corrected chi connectivity index (χ4v) is 2.11. The molecule has 1 aliphatic heterocycles. The van der Waals surface area contributed by atoms with Crippen LogP contribution >= 0.6 is 0 Å². The Kier molecular flexibility index (Phi) is 6.04. The van der Waals surface area contributed by atoms with E-state index in [2.05, 4.69) is 10.6 Å². The fraction of sp³-hybridized carbons (Fsp3) is 0.833. The maximum atomic E-state index is 11.6. The second-order valence-corrected chi connectivity index (χ2v) is 5.18. The van der Waals surface area contributed by atoms with Crippen LogP contribution in [0.3, 0.4) is 0 Å². The minimum absolute atomic E-state index is 0.0475. The number of carbonyl (C=O) groups is 2. The van der Waals surface area contributed by atoms with Gasteiger partial charge in [-0.05, 0) is 33.9 Å². The normalized spacial score (nSPS) is 24.2. The number of aliphatic carboxylic acids is 1. The average Bonchev–Trinajstić information content (AvgIpc) is 2.73. The molecule has 3 unspecified atom stereocenters. The molecule has 1 rings (SSSR count). The van der Waals surface area contributed by atoms with Gasteiger partial charge in [-0.3, -0.25) is 0 Å². The van der Waals surface area contributed by atoms with E-state index >= 15 is 0 Å². The number of nitrogens with zero attached hydrogens (tertiary/aromatic N) is 1. The highest BCUT2D eigenvalue weighted by Crippen LogP contribution is 2.19. The van der Waals surface area contributed by atoms with E-state index in [0.29, 0.717) is 19.4 Å². The summed E-state index contributed by atoms with van der Waals surface area (Å²) in [5.74, 6) is -0.938. The minimum Gasteiger partial charge on any atom is -0.479 e. The van der Waals surface area contributed by atoms with Gasteiger partial charge in [-0.2, -0.15) is 0 Å². The van der Waals surface area contributed by atoms with Crippen molar-refractivity contribution in [1.29, 1.82) is 0 Å². The lowest BCUT2D eigenvalue weighted by Gasteiger charge is -2.19. The fourth-order valence-electron chi connectivity index (χ4n) is 2.11. The summed E-state index contributed by atoms with van der Waals surface area (Å²) in [6.45, 7) is 3.02. The number of amides is 2. The molecule has 0 radical (unpaired) electrons. The number of hydrogen-bond donors (Lipinski definition) is 3. The number of carbonyl (C=O) groups excluding carboxylic acids is 1. The molecule has 19 heavy (non-hydrogen) atoms. The Morgan fingerprint density at radius 2 is 2.11 bits per heavy atom. The second kappa shape index (κ2) is 7.30. The van der Waals surface area contributed by atoms with Crippen molar-refractivity contribution >= 4 is 12.0 Å². The van der Waals surface area contributed by atoms with Crippen molar-refractivity contribution in [3.05, 3.63) is 0 Å². The van der Waals surface area contributed by atoms with Crippen molar-refractivity contribution < 1.29 is 19.4 Å². The third-order valence-corrected chi connectivity index (χ3v) is 2.89. The van der Waals surface area contributed by atoms with Gasteiger partial charge in [0.25, 0.3) is 0 Å². The molecule has 7 heteroatoms. The van der Waals surface area contributed by atoms with Gasteiger partial charge in [0, 0.05) is 19.1 Å². The van der Waals surface area contributed by atoms with E-state index in [-0.39, 0.29) is 18.2 Å². The summed E-state index contributed by atoms with van der Waals surface area (Å²) >= 11 is 0. The molecule has 2 amide bonds. The van der Waals surface area contributed by atoms with Crippen LogP contribution in [0.1, 0.15) is 19.8 Å². The number of likely N-dealkylation sites (N-methyl/N-ethyl adjacent to an activating group) is 1. The molecule has 0 aliphatic carbocycles. The van der Waals surface area contributed by atoms with Crippen LogP contribution in [0.2, 0.25) is 0 Å². The lowest BCUT2D eigenvalue weighted by molar-refractivity contribution is -0.149. The number of carboxylic acids is 1. The molecule has 1 aliphatic rings. The van der Waals surface area contributed by atoms with Crippen LogP contribution in [0, 0.1) is 0 Å². The predicted octanol–water partition coefficient (Wildman–Crippen LogP) is -0.132. The smallest absolute Gasteiger partial charge is 0.332 e. The van der Waals surface area contributed by atoms with E-state index in [0.717, 1.165) is 6.54 Å². The number of rotatable bonds is 6. The first-order chi connectivity index (χ1) is 8.88. The summed E-state index contributed by atoms with van der Waals surface area (Å²) in [7, 11) is 3.88. The Hall–Kier alpha value is -1.34. The van der Waals surface area contributed by atoms with Crippen LogP contribution in [-0.4, -0.2) is 67.4 Å². The summed E-state index contributed by atoms with van der Waals surface area (Å²) in [5.41, 5.74) is 0. The zero-order valence-electron chi connectivity index (χ0n) is 11.7. The Balaban J connectivity index is 2.19. The summed E-state index contributed by atoms with van der Waals surface area (Å²) in [4.78, 5) is 24.3. The van der Waals surface area contributed by atoms with Crippen molar-refractivity contribution in [2.24, 2.45) is 0 Å². The van der Waals surface area contributed by atoms with E-state index < -0.39 is 12.1 Å². The van der Waals surface area contributed by atoms with Crippen LogP contribution < -0.4 is 10.6 Å². The first kappa shape index (κ1) is 15.7. The third-order valence-electron chi connectivity index (χ3n) is 2.89. The Bertz CT molecular complexity index is 322. The van der Waals surface area contributed by atoms with Gasteiger partial charge >= 0.3 is 12.0 Å². The molecule has 0 bridgehead atoms. The van der Waals surface area contributed by atoms with Gasteiger partial charge in [0.05, 0.1) is 6.10 Å². The van der Waals surface area contributed by atoms with Crippen molar-refractivity contribution in [1.82, 2.24) is 15.5 Å². The highest BCUT2D eigenvalue weighted by Gasteiger charge is 2.30. The summed E-state index contributed by atoms with van der Waals surface area (Å²) in [6, 6.07) is -0.206. The first-order valence-electron chi connectivity index (χ1n) is 6.46. The first-order valence-corrected chi connectivity index (χ1v) is 6.46. The number of urea groups is 1. The van der Waals surface area contributed by atoms with E-state index in [1.54, 1.807) is 0 Å². The molecule has 1 heterocycles. The van der Waals surface area contributed by atoms with E-state index in [4.69, 9.17) is 9.84 Å². The lowest BCUT2D eigenvalue weighted by atomic mass is 10.2. The van der Waals surface area contributed by atoms with Gasteiger partial charge in [0.15, 0.2) is 6.10 Å². The molecular weight excluding hydrogens is 250 g/mol. The number of hydrogen-bond acceptors (Lipinski definition) is 4. The molecule has 0 aromatic rings. The quantitative estimate of drug-likeness (QED) is 0.627. The SMILES string of the molecule is CC(CN(C)C)NC(=O)NCC1CCC(C(=O)O)O1. The maximum absolute atomic E-state index is 11.6. The van der Waals surface area contributed by atoms with Crippen LogP contribution in [0.25, 0.3) is 0 Å². The topological polar surface area (TPSA) is 90.9 Å². The molecule has 3 N–H and O–H groups in total. The summed E-state index contributed by atoms with van der Waals surface area (Å²) in [6.07, 6.45) is 0.212. The largest absolute Gasteiger partial charge is 0.479 e. The standard InChI is InChI=1S/C12H23N3O4/c1-8(7-15(2)3)14-12(18)13-6-9-4-5-10(19-9)11(16)17/h8-10H,4-7H2,1-3H3,(H,16,17)(H2,13,14,18). The maximum Gasteiger partial charge on any atom is 0.332 e. The predicted molar refractivity (Wildman–Crippen MR) is 70.1 cm³/mol. The Morgan fingerprint density at radius 1 is 1.42 bits per heavy atom. The van der Waals surface area contributed by atoms with E-state index in [9.17, 15) is 9.59 Å². The molecule has 7 nitrogen and oxygen atoms in total. The van der Waals surface area contributed by atoms with E-state index in [1.165, 1.54) is 0 Å². The van der Waals surface area contributed by atoms with Crippen LogP contribution in [0.4, 0.5) is 4.79 Å². The van der Waals surface area contributed by atoms with Gasteiger partial charge in [0.2, 0.25) is 0 Å². The Morgan fingerprint density at radius 3 is 2.63 bits per heavy atom. The minimum atomic E-state index is -0.938. The molecule has 0 spiro atoms. The highest BCUT2D eigenvalue weighted by atomic mass is 16.5. The molecule has 1 fully saturated rings. The van der Waals surface area contributed by atoms with Crippen molar-refractivity contribution in [3.63, 3.8) is 0 Å². The van der Waals surface area contributed by atoms with Crippen LogP contribution in [-0.2, 0) is 9.53 Å². The molecule has 1 saturated heterocycles. The zero-order chi connectivity index (χ0) is 14.4. The number of ether oxygens (including phenoxy) is 1. The van der Waals surface area contributed by atoms with Crippen molar-refractivity contribution in [3.8, 4) is 0 Å². The van der Waals surface area contributed by atoms with Gasteiger partial charge < -0.3 is 25.4 Å². The summed E-state index contributed by atoms with van der Waals surface area (Å²) < 4.78 is 5.29. The molecule has 3 atom stereocenters. The second-order valence-electron chi connectivity index (χ2n) is 5.18. The lowest BCUT2D eigenvalue weighted by Crippen LogP contribution is -2.46. The zero-order valence-corrected chi connectivity index (χ0v) is 11.7. The molecule has 0 saturated carbocycles. The number of carboxylic acid groups (broad SMARTS) is 1. The van der Waals surface area contributed by atoms with Crippen LogP contribution in [0.15, 0.2) is 0 Å². The molecule has 0 aromatic heterocycles. The average molecular weight is 273 g/mol. The third kappa shape index (κ3) is 5.89. The Labute approximate surface area is 113 Å². The molecule has 0 aromatic carbocycles. The van der Waals surface area contributed by atoms with Gasteiger partial charge in [-0.1, -0.05) is 0 Å². The van der Waals surface area contributed by atoms with E-state index in [1.807, 2.05) is 25.9 Å². The van der Waals surface area contributed by atoms with Gasteiger partial charge in [0.1, 0.15) is 0 Å².